The topological polar surface area (TPSA) is 53.1 Å². The number of aromatic amines is 1. The lowest BCUT2D eigenvalue weighted by Crippen LogP contribution is -2.22. The molecule has 1 aromatic rings. The second kappa shape index (κ2) is 2.91. The van der Waals surface area contributed by atoms with E-state index in [0.29, 0.717) is 6.42 Å². The van der Waals surface area contributed by atoms with Crippen molar-refractivity contribution in [1.29, 1.82) is 0 Å². The molecule has 0 radical (unpaired) electrons. The van der Waals surface area contributed by atoms with Gasteiger partial charge in [-0.3, -0.25) is 4.79 Å². The maximum absolute atomic E-state index is 10.8. The standard InChI is InChI=1S/C10H13NO2/c1-6-5-11-9-4-7(10(12)13)2-3-8(6)9/h5,7,11H,2-4H2,1H3,(H,12,13). The van der Waals surface area contributed by atoms with Crippen molar-refractivity contribution in [3.63, 3.8) is 0 Å². The second-order valence-corrected chi connectivity index (χ2v) is 3.71. The van der Waals surface area contributed by atoms with Crippen LogP contribution in [0.4, 0.5) is 0 Å². The highest BCUT2D eigenvalue weighted by Gasteiger charge is 2.25. The van der Waals surface area contributed by atoms with E-state index in [4.69, 9.17) is 5.11 Å². The molecular weight excluding hydrogens is 166 g/mol. The van der Waals surface area contributed by atoms with Gasteiger partial charge in [0.1, 0.15) is 0 Å². The Balaban J connectivity index is 2.25. The molecule has 0 saturated heterocycles. The Kier molecular flexibility index (Phi) is 1.87. The van der Waals surface area contributed by atoms with Gasteiger partial charge < -0.3 is 10.1 Å². The first-order chi connectivity index (χ1) is 6.18. The molecule has 3 nitrogen and oxygen atoms in total. The number of aromatic nitrogens is 1. The molecule has 13 heavy (non-hydrogen) atoms. The highest BCUT2D eigenvalue weighted by Crippen LogP contribution is 2.27. The first-order valence-electron chi connectivity index (χ1n) is 4.57. The third-order valence-corrected chi connectivity index (χ3v) is 2.85. The van der Waals surface area contributed by atoms with Gasteiger partial charge in [-0.2, -0.15) is 0 Å². The quantitative estimate of drug-likeness (QED) is 0.686. The van der Waals surface area contributed by atoms with Crippen molar-refractivity contribution in [1.82, 2.24) is 4.98 Å². The van der Waals surface area contributed by atoms with Crippen LogP contribution in [0.2, 0.25) is 0 Å². The molecule has 0 bridgehead atoms. The van der Waals surface area contributed by atoms with E-state index in [1.807, 2.05) is 6.20 Å². The Bertz CT molecular complexity index is 341. The van der Waals surface area contributed by atoms with Gasteiger partial charge in [0.05, 0.1) is 5.92 Å². The van der Waals surface area contributed by atoms with E-state index in [2.05, 4.69) is 11.9 Å². The van der Waals surface area contributed by atoms with E-state index in [9.17, 15) is 4.79 Å². The molecule has 1 unspecified atom stereocenters. The number of hydrogen-bond donors (Lipinski definition) is 2. The summed E-state index contributed by atoms with van der Waals surface area (Å²) in [6, 6.07) is 0. The fourth-order valence-electron chi connectivity index (χ4n) is 2.02. The SMILES string of the molecule is Cc1c[nH]c2c1CCC(C(=O)O)C2. The zero-order valence-electron chi connectivity index (χ0n) is 7.63. The van der Waals surface area contributed by atoms with Gasteiger partial charge in [0, 0.05) is 18.3 Å². The van der Waals surface area contributed by atoms with Crippen molar-refractivity contribution >= 4 is 5.97 Å². The number of fused-ring (bicyclic) bond motifs is 1. The first kappa shape index (κ1) is 8.35. The maximum Gasteiger partial charge on any atom is 0.306 e. The minimum atomic E-state index is -0.669. The van der Waals surface area contributed by atoms with E-state index < -0.39 is 5.97 Å². The minimum absolute atomic E-state index is 0.189. The molecule has 0 aromatic carbocycles. The highest BCUT2D eigenvalue weighted by atomic mass is 16.4. The summed E-state index contributed by atoms with van der Waals surface area (Å²) >= 11 is 0. The number of nitrogens with one attached hydrogen (secondary N) is 1. The number of carboxylic acid groups (broad SMARTS) is 1. The van der Waals surface area contributed by atoms with Crippen molar-refractivity contribution in [2.24, 2.45) is 5.92 Å². The lowest BCUT2D eigenvalue weighted by molar-refractivity contribution is -0.142. The Morgan fingerprint density at radius 3 is 3.15 bits per heavy atom. The van der Waals surface area contributed by atoms with Crippen LogP contribution in [-0.2, 0) is 17.6 Å². The van der Waals surface area contributed by atoms with E-state index in [0.717, 1.165) is 18.5 Å². The van der Waals surface area contributed by atoms with Crippen LogP contribution in [0.25, 0.3) is 0 Å². The molecule has 1 heterocycles. The van der Waals surface area contributed by atoms with E-state index in [1.54, 1.807) is 0 Å². The summed E-state index contributed by atoms with van der Waals surface area (Å²) in [5.74, 6) is -0.858. The van der Waals surface area contributed by atoms with Crippen molar-refractivity contribution in [2.75, 3.05) is 0 Å². The summed E-state index contributed by atoms with van der Waals surface area (Å²) in [6.07, 6.45) is 4.32. The van der Waals surface area contributed by atoms with Crippen molar-refractivity contribution in [3.05, 3.63) is 23.0 Å². The molecule has 0 amide bonds. The highest BCUT2D eigenvalue weighted by molar-refractivity contribution is 5.70. The van der Waals surface area contributed by atoms with Crippen LogP contribution >= 0.6 is 0 Å². The van der Waals surface area contributed by atoms with Crippen molar-refractivity contribution < 1.29 is 9.90 Å². The van der Waals surface area contributed by atoms with Gasteiger partial charge in [-0.1, -0.05) is 0 Å². The van der Waals surface area contributed by atoms with Gasteiger partial charge in [-0.05, 0) is 30.9 Å². The lowest BCUT2D eigenvalue weighted by Gasteiger charge is -2.18. The molecule has 1 aromatic heterocycles. The molecule has 1 aliphatic rings. The molecule has 3 heteroatoms. The molecular formula is C10H13NO2. The van der Waals surface area contributed by atoms with Crippen LogP contribution in [0.1, 0.15) is 23.2 Å². The van der Waals surface area contributed by atoms with Crippen LogP contribution in [0.15, 0.2) is 6.20 Å². The number of aliphatic carboxylic acids is 1. The smallest absolute Gasteiger partial charge is 0.306 e. The van der Waals surface area contributed by atoms with Crippen LogP contribution in [0.5, 0.6) is 0 Å². The van der Waals surface area contributed by atoms with Gasteiger partial charge in [0.2, 0.25) is 0 Å². The first-order valence-corrected chi connectivity index (χ1v) is 4.57. The molecule has 0 spiro atoms. The van der Waals surface area contributed by atoms with Crippen LogP contribution in [0, 0.1) is 12.8 Å². The zero-order valence-corrected chi connectivity index (χ0v) is 7.63. The Morgan fingerprint density at radius 1 is 1.69 bits per heavy atom. The third kappa shape index (κ3) is 1.34. The average molecular weight is 179 g/mol. The fraction of sp³-hybridized carbons (Fsp3) is 0.500. The van der Waals surface area contributed by atoms with Crippen molar-refractivity contribution in [3.8, 4) is 0 Å². The van der Waals surface area contributed by atoms with E-state index >= 15 is 0 Å². The Labute approximate surface area is 76.8 Å². The third-order valence-electron chi connectivity index (χ3n) is 2.85. The van der Waals surface area contributed by atoms with Gasteiger partial charge >= 0.3 is 5.97 Å². The molecule has 2 rings (SSSR count). The van der Waals surface area contributed by atoms with Gasteiger partial charge in [-0.15, -0.1) is 0 Å². The molecule has 2 N–H and O–H groups in total. The predicted octanol–water partition coefficient (Wildman–Crippen LogP) is 1.51. The molecule has 0 saturated carbocycles. The molecule has 0 fully saturated rings. The number of carboxylic acids is 1. The second-order valence-electron chi connectivity index (χ2n) is 3.71. The summed E-state index contributed by atoms with van der Waals surface area (Å²) in [4.78, 5) is 13.9. The maximum atomic E-state index is 10.8. The van der Waals surface area contributed by atoms with Crippen LogP contribution < -0.4 is 0 Å². The van der Waals surface area contributed by atoms with Crippen molar-refractivity contribution in [2.45, 2.75) is 26.2 Å². The Hall–Kier alpha value is -1.25. The van der Waals surface area contributed by atoms with Crippen LogP contribution in [-0.4, -0.2) is 16.1 Å². The summed E-state index contributed by atoms with van der Waals surface area (Å²) in [6.45, 7) is 2.07. The number of rotatable bonds is 1. The number of hydrogen-bond acceptors (Lipinski definition) is 1. The molecule has 0 aliphatic heterocycles. The lowest BCUT2D eigenvalue weighted by atomic mass is 9.87. The van der Waals surface area contributed by atoms with Gasteiger partial charge in [0.25, 0.3) is 0 Å². The monoisotopic (exact) mass is 179 g/mol. The van der Waals surface area contributed by atoms with E-state index in [-0.39, 0.29) is 5.92 Å². The predicted molar refractivity (Wildman–Crippen MR) is 48.7 cm³/mol. The zero-order chi connectivity index (χ0) is 9.42. The number of aryl methyl sites for hydroxylation is 1. The molecule has 70 valence electrons. The fourth-order valence-corrected chi connectivity index (χ4v) is 2.02. The van der Waals surface area contributed by atoms with Gasteiger partial charge in [-0.25, -0.2) is 0 Å². The number of H-pyrrole nitrogens is 1. The summed E-state index contributed by atoms with van der Waals surface area (Å²) < 4.78 is 0. The Morgan fingerprint density at radius 2 is 2.46 bits per heavy atom. The molecule has 1 aliphatic carbocycles. The van der Waals surface area contributed by atoms with E-state index in [1.165, 1.54) is 11.1 Å². The number of carbonyl (C=O) groups is 1. The van der Waals surface area contributed by atoms with Gasteiger partial charge in [0.15, 0.2) is 0 Å². The largest absolute Gasteiger partial charge is 0.481 e. The molecule has 1 atom stereocenters. The summed E-state index contributed by atoms with van der Waals surface area (Å²) in [5, 5.41) is 8.86. The normalized spacial score (nSPS) is 21.2. The summed E-state index contributed by atoms with van der Waals surface area (Å²) in [5.41, 5.74) is 3.72. The average Bonchev–Trinajstić information content (AvgIpc) is 2.47. The summed E-state index contributed by atoms with van der Waals surface area (Å²) in [7, 11) is 0. The minimum Gasteiger partial charge on any atom is -0.481 e. The van der Waals surface area contributed by atoms with Crippen LogP contribution in [0.3, 0.4) is 0 Å².